The molecule has 148 valence electrons. The normalized spacial score (nSPS) is 14.6. The third-order valence-corrected chi connectivity index (χ3v) is 3.72. The van der Waals surface area contributed by atoms with Gasteiger partial charge in [-0.3, -0.25) is 14.3 Å². The second kappa shape index (κ2) is 8.47. The molecule has 3 heterocycles. The number of nitrogens with one attached hydrogen (secondary N) is 1. The predicted octanol–water partition coefficient (Wildman–Crippen LogP) is -0.960. The molecule has 1 aliphatic heterocycles. The first-order valence-electron chi connectivity index (χ1n) is 7.34. The zero-order chi connectivity index (χ0) is 20.2. The first-order chi connectivity index (χ1) is 12.6. The zero-order valence-corrected chi connectivity index (χ0v) is 15.0. The van der Waals surface area contributed by atoms with Gasteiger partial charge < -0.3 is 19.5 Å². The van der Waals surface area contributed by atoms with Gasteiger partial charge in [-0.05, 0) is 15.9 Å². The van der Waals surface area contributed by atoms with E-state index >= 15 is 0 Å². The molecule has 14 heteroatoms. The largest absolute Gasteiger partial charge is 0.542 e. The molecule has 0 aromatic carbocycles. The summed E-state index contributed by atoms with van der Waals surface area (Å²) in [5.41, 5.74) is 0.346. The summed E-state index contributed by atoms with van der Waals surface area (Å²) in [6, 6.07) is 0. The zero-order valence-electron chi connectivity index (χ0n) is 13.5. The Morgan fingerprint density at radius 2 is 1.93 bits per heavy atom. The Labute approximate surface area is 157 Å². The lowest BCUT2D eigenvalue weighted by Crippen LogP contribution is -2.43. The maximum Gasteiger partial charge on any atom is 0.430 e. The molecule has 0 bridgehead atoms. The minimum atomic E-state index is -5.19. The number of imidazole rings is 1. The summed E-state index contributed by atoms with van der Waals surface area (Å²) < 4.78 is 38.6. The molecule has 0 spiro atoms. The van der Waals surface area contributed by atoms with Crippen molar-refractivity contribution in [1.82, 2.24) is 24.4 Å². The SMILES string of the molecule is O=C(Cn1c(=O)[nH]c2ncc(Br)nc21)N1CCOCC1.O=C([O-])C(F)(F)F. The van der Waals surface area contributed by atoms with Crippen molar-refractivity contribution in [2.45, 2.75) is 12.7 Å². The second-order valence-corrected chi connectivity index (χ2v) is 5.97. The molecule has 1 saturated heterocycles. The van der Waals surface area contributed by atoms with Gasteiger partial charge >= 0.3 is 11.9 Å². The maximum atomic E-state index is 12.2. The van der Waals surface area contributed by atoms with Gasteiger partial charge in [0.1, 0.15) is 17.1 Å². The fourth-order valence-electron chi connectivity index (χ4n) is 2.09. The highest BCUT2D eigenvalue weighted by molar-refractivity contribution is 9.10. The van der Waals surface area contributed by atoms with Crippen molar-refractivity contribution in [3.8, 4) is 0 Å². The summed E-state index contributed by atoms with van der Waals surface area (Å²) in [7, 11) is 0. The molecule has 1 N–H and O–H groups in total. The summed E-state index contributed by atoms with van der Waals surface area (Å²) in [4.78, 5) is 45.4. The van der Waals surface area contributed by atoms with Gasteiger partial charge in [-0.1, -0.05) is 0 Å². The molecule has 0 saturated carbocycles. The van der Waals surface area contributed by atoms with Gasteiger partial charge in [0.2, 0.25) is 5.91 Å². The predicted molar refractivity (Wildman–Crippen MR) is 84.3 cm³/mol. The number of carbonyl (C=O) groups excluding carboxylic acids is 2. The quantitative estimate of drug-likeness (QED) is 0.617. The maximum absolute atomic E-state index is 12.2. The Balaban J connectivity index is 0.000000321. The summed E-state index contributed by atoms with van der Waals surface area (Å²) in [6.07, 6.45) is -3.70. The summed E-state index contributed by atoms with van der Waals surface area (Å²) in [5, 5.41) is 8.78. The van der Waals surface area contributed by atoms with Crippen LogP contribution in [-0.2, 0) is 20.9 Å². The minimum Gasteiger partial charge on any atom is -0.542 e. The van der Waals surface area contributed by atoms with Gasteiger partial charge in [0.15, 0.2) is 11.3 Å². The number of fused-ring (bicyclic) bond motifs is 1. The molecule has 3 rings (SSSR count). The molecule has 1 fully saturated rings. The number of aromatic amines is 1. The Morgan fingerprint density at radius 3 is 2.48 bits per heavy atom. The lowest BCUT2D eigenvalue weighted by molar-refractivity contribution is -0.344. The monoisotopic (exact) mass is 454 g/mol. The van der Waals surface area contributed by atoms with Gasteiger partial charge in [0.25, 0.3) is 0 Å². The highest BCUT2D eigenvalue weighted by Crippen LogP contribution is 2.11. The fraction of sp³-hybridized carbons (Fsp3) is 0.462. The van der Waals surface area contributed by atoms with Crippen LogP contribution in [0.4, 0.5) is 13.2 Å². The van der Waals surface area contributed by atoms with Gasteiger partial charge in [-0.2, -0.15) is 13.2 Å². The topological polar surface area (TPSA) is 133 Å². The first-order valence-corrected chi connectivity index (χ1v) is 8.13. The Morgan fingerprint density at radius 1 is 1.33 bits per heavy atom. The fourth-order valence-corrected chi connectivity index (χ4v) is 2.36. The van der Waals surface area contributed by atoms with Crippen LogP contribution in [0.1, 0.15) is 0 Å². The van der Waals surface area contributed by atoms with Crippen molar-refractivity contribution in [3.63, 3.8) is 0 Å². The summed E-state index contributed by atoms with van der Waals surface area (Å²) >= 11 is 3.20. The number of ether oxygens (including phenoxy) is 1. The number of hydrogen-bond donors (Lipinski definition) is 1. The molecule has 10 nitrogen and oxygen atoms in total. The van der Waals surface area contributed by atoms with Gasteiger partial charge in [0.05, 0.1) is 19.4 Å². The molecular weight excluding hydrogens is 443 g/mol. The molecule has 27 heavy (non-hydrogen) atoms. The van der Waals surface area contributed by atoms with Crippen LogP contribution in [-0.4, -0.2) is 68.8 Å². The van der Waals surface area contributed by atoms with Crippen LogP contribution in [0, 0.1) is 0 Å². The van der Waals surface area contributed by atoms with E-state index in [1.807, 2.05) is 0 Å². The number of amides is 1. The minimum absolute atomic E-state index is 0.0516. The third kappa shape index (κ3) is 5.50. The lowest BCUT2D eigenvalue weighted by atomic mass is 10.4. The van der Waals surface area contributed by atoms with Crippen LogP contribution in [0.15, 0.2) is 15.6 Å². The number of carboxylic acids is 1. The smallest absolute Gasteiger partial charge is 0.430 e. The van der Waals surface area contributed by atoms with Crippen LogP contribution in [0.5, 0.6) is 0 Å². The number of halogens is 4. The van der Waals surface area contributed by atoms with Crippen LogP contribution in [0.2, 0.25) is 0 Å². The van der Waals surface area contributed by atoms with Gasteiger partial charge in [0, 0.05) is 13.1 Å². The summed E-state index contributed by atoms with van der Waals surface area (Å²) in [5.74, 6) is -3.13. The Bertz CT molecular complexity index is 891. The molecule has 1 amide bonds. The third-order valence-electron chi connectivity index (χ3n) is 3.34. The van der Waals surface area contributed by atoms with E-state index in [0.717, 1.165) is 0 Å². The van der Waals surface area contributed by atoms with E-state index in [1.54, 1.807) is 4.90 Å². The number of morpholine rings is 1. The van der Waals surface area contributed by atoms with Crippen molar-refractivity contribution in [1.29, 1.82) is 0 Å². The molecule has 2 aromatic rings. The molecule has 0 aliphatic carbocycles. The molecule has 1 aliphatic rings. The van der Waals surface area contributed by atoms with E-state index < -0.39 is 12.1 Å². The van der Waals surface area contributed by atoms with Crippen LogP contribution >= 0.6 is 15.9 Å². The van der Waals surface area contributed by atoms with E-state index in [1.165, 1.54) is 10.8 Å². The lowest BCUT2D eigenvalue weighted by Gasteiger charge is -2.26. The van der Waals surface area contributed by atoms with Crippen molar-refractivity contribution in [2.24, 2.45) is 0 Å². The number of H-pyrrole nitrogens is 1. The number of alkyl halides is 3. The van der Waals surface area contributed by atoms with Gasteiger partial charge in [-0.15, -0.1) is 0 Å². The van der Waals surface area contributed by atoms with E-state index in [2.05, 4.69) is 30.9 Å². The highest BCUT2D eigenvalue weighted by atomic mass is 79.9. The van der Waals surface area contributed by atoms with E-state index in [4.69, 9.17) is 14.6 Å². The second-order valence-electron chi connectivity index (χ2n) is 5.16. The van der Waals surface area contributed by atoms with Crippen LogP contribution < -0.4 is 10.8 Å². The average molecular weight is 455 g/mol. The molecule has 2 aromatic heterocycles. The number of aliphatic carboxylic acids is 1. The molecule has 0 atom stereocenters. The van der Waals surface area contributed by atoms with Crippen molar-refractivity contribution < 1.29 is 32.6 Å². The van der Waals surface area contributed by atoms with E-state index in [0.29, 0.717) is 42.2 Å². The number of hydrogen-bond acceptors (Lipinski definition) is 7. The highest BCUT2D eigenvalue weighted by Gasteiger charge is 2.28. The van der Waals surface area contributed by atoms with Crippen LogP contribution in [0.25, 0.3) is 11.3 Å². The number of carbonyl (C=O) groups is 2. The van der Waals surface area contributed by atoms with E-state index in [-0.39, 0.29) is 18.1 Å². The van der Waals surface area contributed by atoms with E-state index in [9.17, 15) is 22.8 Å². The molecular formula is C13H12BrF3N5O5-. The number of aromatic nitrogens is 4. The Kier molecular flexibility index (Phi) is 6.54. The summed E-state index contributed by atoms with van der Waals surface area (Å²) in [6.45, 7) is 2.10. The van der Waals surface area contributed by atoms with Crippen LogP contribution in [0.3, 0.4) is 0 Å². The first kappa shape index (κ1) is 20.8. The number of rotatable bonds is 2. The van der Waals surface area contributed by atoms with Crippen molar-refractivity contribution in [2.75, 3.05) is 26.3 Å². The van der Waals surface area contributed by atoms with Crippen molar-refractivity contribution in [3.05, 3.63) is 21.3 Å². The number of carboxylic acid groups (broad SMARTS) is 1. The standard InChI is InChI=1S/C11H12BrN5O3.C2HF3O2/c12-7-5-13-9-10(14-7)17(11(19)15-9)6-8(18)16-1-3-20-4-2-16;3-2(4,5)1(6)7/h5H,1-4,6H2,(H,13,15,19);(H,6,7)/p-1. The number of nitrogens with zero attached hydrogens (tertiary/aromatic N) is 4. The Hall–Kier alpha value is -2.48. The van der Waals surface area contributed by atoms with Gasteiger partial charge in [-0.25, -0.2) is 14.8 Å². The molecule has 0 radical (unpaired) electrons. The van der Waals surface area contributed by atoms with Crippen molar-refractivity contribution >= 4 is 39.1 Å². The molecule has 0 unspecified atom stereocenters. The average Bonchev–Trinajstić information content (AvgIpc) is 2.90.